The molecule has 2 aromatic rings. The number of nitro benzene ring substituents is 2. The molecule has 3 N–H and O–H groups in total. The van der Waals surface area contributed by atoms with Crippen LogP contribution in [0.25, 0.3) is 0 Å². The Bertz CT molecular complexity index is 802. The van der Waals surface area contributed by atoms with E-state index < -0.39 is 22.0 Å². The van der Waals surface area contributed by atoms with E-state index in [1.807, 2.05) is 0 Å². The average molecular weight is 335 g/mol. The Labute approximate surface area is 134 Å². The van der Waals surface area contributed by atoms with Gasteiger partial charge in [0.1, 0.15) is 6.33 Å². The monoisotopic (exact) mass is 335 g/mol. The molecule has 0 bridgehead atoms. The zero-order chi connectivity index (χ0) is 17.9. The van der Waals surface area contributed by atoms with E-state index in [0.29, 0.717) is 5.69 Å². The molecule has 0 radical (unpaired) electrons. The lowest BCUT2D eigenvalue weighted by atomic mass is 10.0. The van der Waals surface area contributed by atoms with Gasteiger partial charge in [0.25, 0.3) is 11.4 Å². The Balaban J connectivity index is 2.15. The molecule has 0 spiro atoms. The largest absolute Gasteiger partial charge is 0.464 e. The minimum absolute atomic E-state index is 0.0915. The lowest BCUT2D eigenvalue weighted by Gasteiger charge is -2.10. The molecule has 0 amide bonds. The van der Waals surface area contributed by atoms with Gasteiger partial charge < -0.3 is 10.8 Å². The molecule has 0 fully saturated rings. The lowest BCUT2D eigenvalue weighted by molar-refractivity contribution is -0.394. The van der Waals surface area contributed by atoms with Gasteiger partial charge in [0, 0.05) is 30.3 Å². The minimum atomic E-state index is -1.19. The summed E-state index contributed by atoms with van der Waals surface area (Å²) in [5, 5.41) is 30.6. The molecule has 0 unspecified atom stereocenters. The van der Waals surface area contributed by atoms with Crippen LogP contribution in [0, 0.1) is 20.2 Å². The van der Waals surface area contributed by atoms with E-state index in [2.05, 4.69) is 4.98 Å². The summed E-state index contributed by atoms with van der Waals surface area (Å²) in [4.78, 5) is 35.0. The molecule has 11 heteroatoms. The highest BCUT2D eigenvalue weighted by Crippen LogP contribution is 2.25. The number of benzene rings is 1. The van der Waals surface area contributed by atoms with Crippen molar-refractivity contribution in [3.63, 3.8) is 0 Å². The Hall–Kier alpha value is -3.34. The van der Waals surface area contributed by atoms with Gasteiger partial charge in [0.15, 0.2) is 0 Å². The second kappa shape index (κ2) is 6.83. The van der Waals surface area contributed by atoms with Crippen molar-refractivity contribution in [2.24, 2.45) is 5.73 Å². The number of carbonyl (C=O) groups is 1. The molecule has 11 nitrogen and oxygen atoms in total. The molecule has 1 aromatic carbocycles. The number of hydrogen-bond donors (Lipinski definition) is 2. The summed E-state index contributed by atoms with van der Waals surface area (Å²) >= 11 is 0. The van der Waals surface area contributed by atoms with Crippen LogP contribution in [0.1, 0.15) is 11.3 Å². The van der Waals surface area contributed by atoms with E-state index in [4.69, 9.17) is 10.8 Å². The van der Waals surface area contributed by atoms with Crippen molar-refractivity contribution < 1.29 is 19.7 Å². The van der Waals surface area contributed by atoms with E-state index >= 15 is 0 Å². The zero-order valence-electron chi connectivity index (χ0n) is 12.2. The maximum atomic E-state index is 11.1. The first-order valence-electron chi connectivity index (χ1n) is 6.71. The topological polar surface area (TPSA) is 167 Å². The molecule has 0 aliphatic heterocycles. The molecule has 0 saturated heterocycles. The number of imidazole rings is 1. The fourth-order valence-corrected chi connectivity index (χ4v) is 2.21. The van der Waals surface area contributed by atoms with Crippen LogP contribution < -0.4 is 5.73 Å². The maximum absolute atomic E-state index is 11.1. The van der Waals surface area contributed by atoms with Gasteiger partial charge in [-0.3, -0.25) is 20.2 Å². The molecular formula is C13H13N5O6. The summed E-state index contributed by atoms with van der Waals surface area (Å²) in [5.41, 5.74) is 5.87. The second-order valence-corrected chi connectivity index (χ2v) is 5.05. The van der Waals surface area contributed by atoms with Crippen molar-refractivity contribution >= 4 is 17.5 Å². The predicted molar refractivity (Wildman–Crippen MR) is 80.8 cm³/mol. The van der Waals surface area contributed by atoms with Gasteiger partial charge in [0.05, 0.1) is 21.6 Å². The average Bonchev–Trinajstić information content (AvgIpc) is 2.95. The van der Waals surface area contributed by atoms with Crippen molar-refractivity contribution in [3.8, 4) is 0 Å². The van der Waals surface area contributed by atoms with Crippen LogP contribution in [0.15, 0.2) is 30.7 Å². The molecule has 0 aliphatic carbocycles. The number of nitrogens with two attached hydrogens (primary N) is 1. The molecular weight excluding hydrogens is 322 g/mol. The van der Waals surface area contributed by atoms with Crippen LogP contribution in [0.5, 0.6) is 0 Å². The van der Waals surface area contributed by atoms with Gasteiger partial charge in [-0.15, -0.1) is 0 Å². The van der Waals surface area contributed by atoms with Crippen molar-refractivity contribution in [1.29, 1.82) is 0 Å². The van der Waals surface area contributed by atoms with Crippen LogP contribution in [0.3, 0.4) is 0 Å². The lowest BCUT2D eigenvalue weighted by Crippen LogP contribution is -2.26. The smallest absolute Gasteiger partial charge is 0.416 e. The first-order chi connectivity index (χ1) is 11.3. The minimum Gasteiger partial charge on any atom is -0.464 e. The highest BCUT2D eigenvalue weighted by molar-refractivity contribution is 5.67. The molecule has 0 saturated carbocycles. The third-order valence-corrected chi connectivity index (χ3v) is 3.29. The second-order valence-electron chi connectivity index (χ2n) is 5.05. The molecule has 126 valence electrons. The van der Waals surface area contributed by atoms with E-state index in [1.165, 1.54) is 18.3 Å². The van der Waals surface area contributed by atoms with Crippen molar-refractivity contribution in [1.82, 2.24) is 9.55 Å². The Morgan fingerprint density at radius 3 is 2.54 bits per heavy atom. The van der Waals surface area contributed by atoms with Crippen LogP contribution in [-0.4, -0.2) is 36.6 Å². The highest BCUT2D eigenvalue weighted by atomic mass is 16.6. The van der Waals surface area contributed by atoms with Crippen LogP contribution >= 0.6 is 0 Å². The first kappa shape index (κ1) is 17.0. The van der Waals surface area contributed by atoms with Crippen LogP contribution in [0.2, 0.25) is 0 Å². The van der Waals surface area contributed by atoms with Gasteiger partial charge in [-0.25, -0.2) is 14.3 Å². The summed E-state index contributed by atoms with van der Waals surface area (Å²) in [5.74, 6) is 0. The van der Waals surface area contributed by atoms with Gasteiger partial charge in [-0.1, -0.05) is 0 Å². The van der Waals surface area contributed by atoms with Gasteiger partial charge >= 0.3 is 6.09 Å². The maximum Gasteiger partial charge on any atom is 0.416 e. The molecule has 24 heavy (non-hydrogen) atoms. The number of hydrogen-bond acceptors (Lipinski definition) is 7. The Morgan fingerprint density at radius 2 is 2.00 bits per heavy atom. The van der Waals surface area contributed by atoms with Crippen LogP contribution in [0.4, 0.5) is 16.2 Å². The van der Waals surface area contributed by atoms with E-state index in [0.717, 1.165) is 17.0 Å². The number of nitrogens with zero attached hydrogens (tertiary/aromatic N) is 4. The van der Waals surface area contributed by atoms with E-state index in [1.54, 1.807) is 0 Å². The summed E-state index contributed by atoms with van der Waals surface area (Å²) in [6, 6.07) is 2.80. The normalized spacial score (nSPS) is 11.9. The number of carboxylic acid groups (broad SMARTS) is 1. The number of nitro groups is 2. The van der Waals surface area contributed by atoms with E-state index in [-0.39, 0.29) is 29.8 Å². The summed E-state index contributed by atoms with van der Waals surface area (Å²) < 4.78 is 0.871. The number of rotatable bonds is 6. The summed E-state index contributed by atoms with van der Waals surface area (Å²) in [6.07, 6.45) is 1.53. The van der Waals surface area contributed by atoms with Crippen molar-refractivity contribution in [3.05, 3.63) is 62.2 Å². The van der Waals surface area contributed by atoms with Gasteiger partial charge in [-0.2, -0.15) is 0 Å². The molecule has 1 atom stereocenters. The first-order valence-corrected chi connectivity index (χ1v) is 6.71. The van der Waals surface area contributed by atoms with Crippen molar-refractivity contribution in [2.45, 2.75) is 18.9 Å². The summed E-state index contributed by atoms with van der Waals surface area (Å²) in [6.45, 7) is 0. The number of non-ortho nitro benzene ring substituents is 1. The third kappa shape index (κ3) is 3.89. The fourth-order valence-electron chi connectivity index (χ4n) is 2.21. The molecule has 1 aromatic heterocycles. The molecule has 1 heterocycles. The summed E-state index contributed by atoms with van der Waals surface area (Å²) in [7, 11) is 0. The van der Waals surface area contributed by atoms with Gasteiger partial charge in [0.2, 0.25) is 0 Å². The van der Waals surface area contributed by atoms with Crippen molar-refractivity contribution in [2.75, 3.05) is 0 Å². The Morgan fingerprint density at radius 1 is 1.29 bits per heavy atom. The quantitative estimate of drug-likeness (QED) is 0.588. The SMILES string of the molecule is N[C@@H](Cc1cn(C(=O)O)cn1)Cc1ccc([N+](=O)[O-])cc1[N+](=O)[O-]. The highest BCUT2D eigenvalue weighted by Gasteiger charge is 2.21. The van der Waals surface area contributed by atoms with Crippen LogP contribution in [-0.2, 0) is 12.8 Å². The van der Waals surface area contributed by atoms with Gasteiger partial charge in [-0.05, 0) is 12.5 Å². The third-order valence-electron chi connectivity index (χ3n) is 3.29. The fraction of sp³-hybridized carbons (Fsp3) is 0.231. The zero-order valence-corrected chi connectivity index (χ0v) is 12.2. The number of aromatic nitrogens is 2. The standard InChI is InChI=1S/C13H13N5O6/c14-9(4-10-6-16(7-15-10)13(19)20)3-8-1-2-11(17(21)22)5-12(8)18(23)24/h1-2,5-7,9H,3-4,14H2,(H,19,20)/t9-/m1/s1. The molecule has 2 rings (SSSR count). The Kier molecular flexibility index (Phi) is 4.84. The van der Waals surface area contributed by atoms with E-state index in [9.17, 15) is 25.0 Å². The predicted octanol–water partition coefficient (Wildman–Crippen LogP) is 1.34. The molecule has 0 aliphatic rings.